The zero-order valence-corrected chi connectivity index (χ0v) is 8.06. The van der Waals surface area contributed by atoms with Crippen LogP contribution in [-0.4, -0.2) is 24.8 Å². The molecule has 0 unspecified atom stereocenters. The van der Waals surface area contributed by atoms with Crippen molar-refractivity contribution in [1.29, 1.82) is 0 Å². The molecular formula is C9H19N3. The van der Waals surface area contributed by atoms with Gasteiger partial charge in [-0.25, -0.2) is 0 Å². The quantitative estimate of drug-likeness (QED) is 0.490. The summed E-state index contributed by atoms with van der Waals surface area (Å²) in [6.07, 6.45) is 5.25. The van der Waals surface area contributed by atoms with Crippen LogP contribution >= 0.6 is 0 Å². The van der Waals surface area contributed by atoms with Crippen LogP contribution in [-0.2, 0) is 0 Å². The maximum atomic E-state index is 4.18. The third-order valence-electron chi connectivity index (χ3n) is 2.32. The van der Waals surface area contributed by atoms with Gasteiger partial charge in [-0.2, -0.15) is 5.10 Å². The Morgan fingerprint density at radius 2 is 2.17 bits per heavy atom. The second-order valence-corrected chi connectivity index (χ2v) is 3.64. The Morgan fingerprint density at radius 3 is 2.75 bits per heavy atom. The van der Waals surface area contributed by atoms with E-state index in [1.807, 2.05) is 6.21 Å². The summed E-state index contributed by atoms with van der Waals surface area (Å²) in [6.45, 7) is 6.53. The van der Waals surface area contributed by atoms with E-state index >= 15 is 0 Å². The van der Waals surface area contributed by atoms with Gasteiger partial charge in [-0.05, 0) is 39.3 Å². The Bertz CT molecular complexity index is 148. The molecule has 1 rings (SSSR count). The molecule has 70 valence electrons. The molecule has 3 heteroatoms. The summed E-state index contributed by atoms with van der Waals surface area (Å²) < 4.78 is 0. The molecule has 0 spiro atoms. The van der Waals surface area contributed by atoms with E-state index in [1.54, 1.807) is 0 Å². The number of nitrogens with zero attached hydrogens (tertiary/aromatic N) is 1. The van der Waals surface area contributed by atoms with Gasteiger partial charge in [0.05, 0.1) is 5.54 Å². The summed E-state index contributed by atoms with van der Waals surface area (Å²) in [6, 6.07) is 0. The Hall–Kier alpha value is -0.570. The largest absolute Gasteiger partial charge is 0.317 e. The fourth-order valence-electron chi connectivity index (χ4n) is 1.38. The van der Waals surface area contributed by atoms with Crippen LogP contribution in [0.3, 0.4) is 0 Å². The predicted octanol–water partition coefficient (Wildman–Crippen LogP) is 1.11. The number of hydrogen-bond donors (Lipinski definition) is 2. The molecule has 1 heterocycles. The van der Waals surface area contributed by atoms with E-state index in [2.05, 4.69) is 29.7 Å². The molecule has 1 aliphatic heterocycles. The number of piperidine rings is 1. The molecule has 0 saturated carbocycles. The first-order valence-electron chi connectivity index (χ1n) is 4.76. The summed E-state index contributed by atoms with van der Waals surface area (Å²) >= 11 is 0. The van der Waals surface area contributed by atoms with Gasteiger partial charge in [0.25, 0.3) is 0 Å². The van der Waals surface area contributed by atoms with Gasteiger partial charge in [0.15, 0.2) is 0 Å². The maximum Gasteiger partial charge on any atom is 0.0544 e. The van der Waals surface area contributed by atoms with E-state index < -0.39 is 0 Å². The zero-order chi connectivity index (χ0) is 8.86. The molecule has 0 atom stereocenters. The second kappa shape index (κ2) is 4.45. The topological polar surface area (TPSA) is 36.4 Å². The Balaban J connectivity index is 2.31. The third kappa shape index (κ3) is 2.81. The molecule has 0 aromatic rings. The highest BCUT2D eigenvalue weighted by molar-refractivity contribution is 5.56. The molecule has 1 fully saturated rings. The van der Waals surface area contributed by atoms with Crippen molar-refractivity contribution in [2.75, 3.05) is 13.1 Å². The van der Waals surface area contributed by atoms with Gasteiger partial charge in [0.2, 0.25) is 0 Å². The lowest BCUT2D eigenvalue weighted by molar-refractivity contribution is 0.272. The third-order valence-corrected chi connectivity index (χ3v) is 2.32. The molecule has 0 aliphatic carbocycles. The van der Waals surface area contributed by atoms with Crippen molar-refractivity contribution < 1.29 is 0 Å². The first-order chi connectivity index (χ1) is 5.77. The monoisotopic (exact) mass is 169 g/mol. The maximum absolute atomic E-state index is 4.18. The van der Waals surface area contributed by atoms with E-state index in [9.17, 15) is 0 Å². The van der Waals surface area contributed by atoms with E-state index in [1.165, 1.54) is 0 Å². The van der Waals surface area contributed by atoms with Gasteiger partial charge < -0.3 is 10.7 Å². The van der Waals surface area contributed by atoms with Crippen molar-refractivity contribution in [2.24, 2.45) is 5.10 Å². The average Bonchev–Trinajstić information content (AvgIpc) is 2.06. The van der Waals surface area contributed by atoms with Crippen LogP contribution in [0.5, 0.6) is 0 Å². The molecule has 1 aliphatic rings. The molecule has 0 radical (unpaired) electrons. The normalized spacial score (nSPS) is 22.8. The summed E-state index contributed by atoms with van der Waals surface area (Å²) in [5.74, 6) is 0. The fourth-order valence-corrected chi connectivity index (χ4v) is 1.38. The Morgan fingerprint density at radius 1 is 1.50 bits per heavy atom. The minimum atomic E-state index is 0.219. The average molecular weight is 169 g/mol. The van der Waals surface area contributed by atoms with Crippen LogP contribution in [0.15, 0.2) is 5.10 Å². The molecule has 12 heavy (non-hydrogen) atoms. The molecule has 3 nitrogen and oxygen atoms in total. The number of nitrogens with one attached hydrogen (secondary N) is 2. The minimum absolute atomic E-state index is 0.219. The van der Waals surface area contributed by atoms with Crippen LogP contribution < -0.4 is 10.7 Å². The highest BCUT2D eigenvalue weighted by Crippen LogP contribution is 2.16. The number of hydrogen-bond acceptors (Lipinski definition) is 3. The van der Waals surface area contributed by atoms with Crippen LogP contribution in [0, 0.1) is 0 Å². The van der Waals surface area contributed by atoms with Gasteiger partial charge in [0.1, 0.15) is 0 Å². The highest BCUT2D eigenvalue weighted by atomic mass is 15.3. The first kappa shape index (κ1) is 9.52. The van der Waals surface area contributed by atoms with E-state index in [4.69, 9.17) is 0 Å². The molecule has 1 saturated heterocycles. The van der Waals surface area contributed by atoms with E-state index in [0.717, 1.165) is 32.4 Å². The second-order valence-electron chi connectivity index (χ2n) is 3.64. The molecule has 2 N–H and O–H groups in total. The van der Waals surface area contributed by atoms with Gasteiger partial charge in [-0.3, -0.25) is 0 Å². The lowest BCUT2D eigenvalue weighted by Gasteiger charge is -2.33. The predicted molar refractivity (Wildman–Crippen MR) is 52.4 cm³/mol. The summed E-state index contributed by atoms with van der Waals surface area (Å²) in [4.78, 5) is 0. The van der Waals surface area contributed by atoms with Crippen molar-refractivity contribution in [3.8, 4) is 0 Å². The van der Waals surface area contributed by atoms with Crippen molar-refractivity contribution >= 4 is 6.21 Å². The smallest absolute Gasteiger partial charge is 0.0544 e. The van der Waals surface area contributed by atoms with Crippen molar-refractivity contribution in [3.05, 3.63) is 0 Å². The summed E-state index contributed by atoms with van der Waals surface area (Å²) in [5, 5.41) is 7.52. The van der Waals surface area contributed by atoms with Gasteiger partial charge in [-0.1, -0.05) is 6.92 Å². The van der Waals surface area contributed by atoms with Gasteiger partial charge in [-0.15, -0.1) is 0 Å². The van der Waals surface area contributed by atoms with Crippen LogP contribution in [0.1, 0.15) is 33.1 Å². The zero-order valence-electron chi connectivity index (χ0n) is 8.06. The van der Waals surface area contributed by atoms with Gasteiger partial charge in [0, 0.05) is 6.21 Å². The van der Waals surface area contributed by atoms with Gasteiger partial charge >= 0.3 is 0 Å². The molecule has 0 bridgehead atoms. The van der Waals surface area contributed by atoms with Crippen LogP contribution in [0.25, 0.3) is 0 Å². The number of hydrazone groups is 1. The minimum Gasteiger partial charge on any atom is -0.317 e. The Labute approximate surface area is 74.6 Å². The highest BCUT2D eigenvalue weighted by Gasteiger charge is 2.25. The Kier molecular flexibility index (Phi) is 3.53. The van der Waals surface area contributed by atoms with Crippen LogP contribution in [0.4, 0.5) is 0 Å². The standard InChI is InChI=1S/C9H19N3/c1-3-6-11-12-9(2)4-7-10-8-5-9/h6,10,12H,3-5,7-8H2,1-2H3/b11-6-. The lowest BCUT2D eigenvalue weighted by Crippen LogP contribution is -2.48. The van der Waals surface area contributed by atoms with Crippen molar-refractivity contribution in [1.82, 2.24) is 10.7 Å². The molecular weight excluding hydrogens is 150 g/mol. The van der Waals surface area contributed by atoms with Crippen molar-refractivity contribution in [2.45, 2.75) is 38.6 Å². The van der Waals surface area contributed by atoms with Crippen molar-refractivity contribution in [3.63, 3.8) is 0 Å². The molecule has 0 aromatic carbocycles. The summed E-state index contributed by atoms with van der Waals surface area (Å²) in [7, 11) is 0. The summed E-state index contributed by atoms with van der Waals surface area (Å²) in [5.41, 5.74) is 3.45. The lowest BCUT2D eigenvalue weighted by atomic mass is 9.92. The molecule has 0 amide bonds. The van der Waals surface area contributed by atoms with Crippen LogP contribution in [0.2, 0.25) is 0 Å². The van der Waals surface area contributed by atoms with E-state index in [0.29, 0.717) is 0 Å². The SMILES string of the molecule is CC/C=N\NC1(C)CCNCC1. The molecule has 0 aromatic heterocycles. The number of rotatable bonds is 3. The van der Waals surface area contributed by atoms with E-state index in [-0.39, 0.29) is 5.54 Å². The fraction of sp³-hybridized carbons (Fsp3) is 0.889. The first-order valence-corrected chi connectivity index (χ1v) is 4.76.